The molecule has 2 rings (SSSR count). The highest BCUT2D eigenvalue weighted by Gasteiger charge is 2.21. The van der Waals surface area contributed by atoms with Crippen molar-refractivity contribution in [1.82, 2.24) is 10.6 Å². The van der Waals surface area contributed by atoms with Gasteiger partial charge in [-0.15, -0.1) is 0 Å². The molecule has 1 fully saturated rings. The van der Waals surface area contributed by atoms with Gasteiger partial charge in [-0.05, 0) is 6.07 Å². The summed E-state index contributed by atoms with van der Waals surface area (Å²) in [6.07, 6.45) is 0. The molecule has 1 aromatic carbocycles. The van der Waals surface area contributed by atoms with Crippen molar-refractivity contribution in [1.29, 1.82) is 0 Å². The lowest BCUT2D eigenvalue weighted by Gasteiger charge is -2.25. The van der Waals surface area contributed by atoms with Crippen LogP contribution in [0.4, 0.5) is 13.2 Å². The van der Waals surface area contributed by atoms with Crippen LogP contribution in [0.25, 0.3) is 0 Å². The normalized spacial score (nSPS) is 21.7. The first-order valence-electron chi connectivity index (χ1n) is 4.77. The summed E-state index contributed by atoms with van der Waals surface area (Å²) in [6, 6.07) is 1.21. The smallest absolute Gasteiger partial charge is 0.163 e. The molecule has 0 unspecified atom stereocenters. The first-order chi connectivity index (χ1) is 7.18. The maximum absolute atomic E-state index is 13.4. The van der Waals surface area contributed by atoms with E-state index in [2.05, 4.69) is 10.6 Å². The molecule has 1 atom stereocenters. The lowest BCUT2D eigenvalue weighted by molar-refractivity contribution is 0.402. The Kier molecular flexibility index (Phi) is 2.93. The number of halogens is 3. The van der Waals surface area contributed by atoms with E-state index >= 15 is 0 Å². The summed E-state index contributed by atoms with van der Waals surface area (Å²) in [5.41, 5.74) is 0.0414. The highest BCUT2D eigenvalue weighted by atomic mass is 19.2. The van der Waals surface area contributed by atoms with Crippen molar-refractivity contribution in [2.75, 3.05) is 19.6 Å². The summed E-state index contributed by atoms with van der Waals surface area (Å²) < 4.78 is 39.2. The molecule has 2 nitrogen and oxygen atoms in total. The number of rotatable bonds is 1. The summed E-state index contributed by atoms with van der Waals surface area (Å²) in [6.45, 7) is 1.90. The Labute approximate surface area is 85.5 Å². The minimum absolute atomic E-state index is 0.0414. The third kappa shape index (κ3) is 2.13. The molecule has 1 saturated heterocycles. The molecule has 1 aromatic rings. The average molecular weight is 216 g/mol. The van der Waals surface area contributed by atoms with Gasteiger partial charge >= 0.3 is 0 Å². The van der Waals surface area contributed by atoms with E-state index in [1.165, 1.54) is 0 Å². The topological polar surface area (TPSA) is 24.1 Å². The molecule has 0 amide bonds. The molecule has 1 aliphatic rings. The van der Waals surface area contributed by atoms with Gasteiger partial charge in [-0.2, -0.15) is 0 Å². The largest absolute Gasteiger partial charge is 0.314 e. The van der Waals surface area contributed by atoms with E-state index in [-0.39, 0.29) is 11.6 Å². The molecule has 82 valence electrons. The van der Waals surface area contributed by atoms with Crippen molar-refractivity contribution < 1.29 is 13.2 Å². The van der Waals surface area contributed by atoms with Crippen molar-refractivity contribution in [3.05, 3.63) is 35.1 Å². The van der Waals surface area contributed by atoms with Gasteiger partial charge in [0.15, 0.2) is 11.6 Å². The van der Waals surface area contributed by atoms with Crippen LogP contribution in [-0.2, 0) is 0 Å². The maximum Gasteiger partial charge on any atom is 0.163 e. The van der Waals surface area contributed by atoms with Crippen LogP contribution < -0.4 is 10.6 Å². The van der Waals surface area contributed by atoms with Crippen LogP contribution >= 0.6 is 0 Å². The zero-order valence-electron chi connectivity index (χ0n) is 7.99. The molecule has 1 aliphatic heterocycles. The van der Waals surface area contributed by atoms with Gasteiger partial charge in [-0.25, -0.2) is 13.2 Å². The van der Waals surface area contributed by atoms with E-state index in [0.717, 1.165) is 12.6 Å². The fourth-order valence-corrected chi connectivity index (χ4v) is 1.70. The second-order valence-corrected chi connectivity index (χ2v) is 3.50. The third-order valence-electron chi connectivity index (χ3n) is 2.44. The second-order valence-electron chi connectivity index (χ2n) is 3.50. The standard InChI is InChI=1S/C10H11F3N2/c11-6-3-7(10(13)8(12)4-6)9-5-14-1-2-15-9/h3-4,9,14-15H,1-2,5H2/t9-/m0/s1. The fourth-order valence-electron chi connectivity index (χ4n) is 1.70. The predicted molar refractivity (Wildman–Crippen MR) is 49.9 cm³/mol. The molecular weight excluding hydrogens is 205 g/mol. The molecule has 0 bridgehead atoms. The summed E-state index contributed by atoms with van der Waals surface area (Å²) >= 11 is 0. The van der Waals surface area contributed by atoms with Crippen molar-refractivity contribution in [2.24, 2.45) is 0 Å². The van der Waals surface area contributed by atoms with E-state index in [9.17, 15) is 13.2 Å². The summed E-state index contributed by atoms with van der Waals surface area (Å²) in [7, 11) is 0. The van der Waals surface area contributed by atoms with Gasteiger partial charge in [0.2, 0.25) is 0 Å². The van der Waals surface area contributed by atoms with Gasteiger partial charge < -0.3 is 10.6 Å². The molecule has 0 aromatic heterocycles. The molecule has 5 heteroatoms. The van der Waals surface area contributed by atoms with E-state index in [0.29, 0.717) is 19.2 Å². The quantitative estimate of drug-likeness (QED) is 0.692. The zero-order chi connectivity index (χ0) is 10.8. The van der Waals surface area contributed by atoms with Crippen molar-refractivity contribution in [3.8, 4) is 0 Å². The third-order valence-corrected chi connectivity index (χ3v) is 2.44. The van der Waals surface area contributed by atoms with Crippen molar-refractivity contribution in [3.63, 3.8) is 0 Å². The van der Waals surface area contributed by atoms with Crippen LogP contribution in [0.3, 0.4) is 0 Å². The van der Waals surface area contributed by atoms with Gasteiger partial charge in [-0.1, -0.05) is 0 Å². The van der Waals surface area contributed by atoms with Crippen LogP contribution in [0.2, 0.25) is 0 Å². The number of nitrogens with one attached hydrogen (secondary N) is 2. The monoisotopic (exact) mass is 216 g/mol. The fraction of sp³-hybridized carbons (Fsp3) is 0.400. The van der Waals surface area contributed by atoms with Gasteiger partial charge in [0.25, 0.3) is 0 Å². The maximum atomic E-state index is 13.4. The Morgan fingerprint density at radius 1 is 1.13 bits per heavy atom. The van der Waals surface area contributed by atoms with E-state index < -0.39 is 17.5 Å². The molecule has 0 radical (unpaired) electrons. The Bertz CT molecular complexity index is 362. The van der Waals surface area contributed by atoms with Gasteiger partial charge in [0.1, 0.15) is 5.82 Å². The zero-order valence-corrected chi connectivity index (χ0v) is 7.99. The Morgan fingerprint density at radius 2 is 1.93 bits per heavy atom. The van der Waals surface area contributed by atoms with Gasteiger partial charge in [0.05, 0.1) is 0 Å². The van der Waals surface area contributed by atoms with Crippen LogP contribution in [0.1, 0.15) is 11.6 Å². The Balaban J connectivity index is 2.33. The summed E-state index contributed by atoms with van der Waals surface area (Å²) in [5.74, 6) is -2.87. The van der Waals surface area contributed by atoms with Crippen LogP contribution in [-0.4, -0.2) is 19.6 Å². The van der Waals surface area contributed by atoms with Crippen molar-refractivity contribution >= 4 is 0 Å². The highest BCUT2D eigenvalue weighted by molar-refractivity contribution is 5.24. The molecular formula is C10H11F3N2. The molecule has 2 N–H and O–H groups in total. The van der Waals surface area contributed by atoms with E-state index in [1.54, 1.807) is 0 Å². The second kappa shape index (κ2) is 4.20. The minimum Gasteiger partial charge on any atom is -0.314 e. The van der Waals surface area contributed by atoms with Gasteiger partial charge in [-0.3, -0.25) is 0 Å². The van der Waals surface area contributed by atoms with Crippen LogP contribution in [0, 0.1) is 17.5 Å². The minimum atomic E-state index is -1.14. The number of hydrogen-bond acceptors (Lipinski definition) is 2. The van der Waals surface area contributed by atoms with Crippen LogP contribution in [0.15, 0.2) is 12.1 Å². The number of hydrogen-bond donors (Lipinski definition) is 2. The van der Waals surface area contributed by atoms with E-state index in [4.69, 9.17) is 0 Å². The number of piperazine rings is 1. The lowest BCUT2D eigenvalue weighted by Crippen LogP contribution is -2.43. The lowest BCUT2D eigenvalue weighted by atomic mass is 10.0. The molecule has 15 heavy (non-hydrogen) atoms. The Hall–Kier alpha value is -1.07. The Morgan fingerprint density at radius 3 is 2.60 bits per heavy atom. The average Bonchev–Trinajstić information content (AvgIpc) is 2.24. The summed E-state index contributed by atoms with van der Waals surface area (Å²) in [4.78, 5) is 0. The van der Waals surface area contributed by atoms with Gasteiger partial charge in [0, 0.05) is 37.3 Å². The van der Waals surface area contributed by atoms with Crippen molar-refractivity contribution in [2.45, 2.75) is 6.04 Å². The number of benzene rings is 1. The highest BCUT2D eigenvalue weighted by Crippen LogP contribution is 2.21. The molecule has 0 aliphatic carbocycles. The van der Waals surface area contributed by atoms with Crippen LogP contribution in [0.5, 0.6) is 0 Å². The predicted octanol–water partition coefficient (Wildman–Crippen LogP) is 1.34. The SMILES string of the molecule is Fc1cc(F)c(F)c([C@@H]2CNCCN2)c1. The molecule has 0 saturated carbocycles. The summed E-state index contributed by atoms with van der Waals surface area (Å²) in [5, 5.41) is 6.02. The molecule has 0 spiro atoms. The first-order valence-corrected chi connectivity index (χ1v) is 4.77. The first kappa shape index (κ1) is 10.4. The van der Waals surface area contributed by atoms with E-state index in [1.807, 2.05) is 0 Å². The molecule has 1 heterocycles.